The number of methoxy groups -OCH3 is 1. The lowest BCUT2D eigenvalue weighted by atomic mass is 10.0. The SMILES string of the molecule is COc1ccc(C(=O)N[C@@H]2CCC[C@@H]2C(=O)N2CCN(c3cc(C)ccc3C)CC2)cn1. The second-order valence-corrected chi connectivity index (χ2v) is 8.81. The summed E-state index contributed by atoms with van der Waals surface area (Å²) < 4.78 is 5.05. The predicted octanol–water partition coefficient (Wildman–Crippen LogP) is 2.95. The molecule has 4 rings (SSSR count). The molecule has 1 N–H and O–H groups in total. The number of carbonyl (C=O) groups is 2. The smallest absolute Gasteiger partial charge is 0.253 e. The molecule has 2 heterocycles. The van der Waals surface area contributed by atoms with E-state index in [0.29, 0.717) is 24.5 Å². The molecule has 1 saturated heterocycles. The van der Waals surface area contributed by atoms with Crippen molar-refractivity contribution in [2.75, 3.05) is 38.2 Å². The van der Waals surface area contributed by atoms with Gasteiger partial charge in [-0.1, -0.05) is 18.6 Å². The summed E-state index contributed by atoms with van der Waals surface area (Å²) in [5, 5.41) is 3.07. The van der Waals surface area contributed by atoms with Gasteiger partial charge in [0.2, 0.25) is 11.8 Å². The summed E-state index contributed by atoms with van der Waals surface area (Å²) >= 11 is 0. The molecule has 170 valence electrons. The van der Waals surface area contributed by atoms with Crippen LogP contribution in [0.15, 0.2) is 36.5 Å². The molecule has 1 aromatic heterocycles. The van der Waals surface area contributed by atoms with Crippen molar-refractivity contribution in [3.8, 4) is 5.88 Å². The first kappa shape index (κ1) is 22.1. The Morgan fingerprint density at radius 2 is 1.84 bits per heavy atom. The number of pyridine rings is 1. The van der Waals surface area contributed by atoms with E-state index in [-0.39, 0.29) is 23.8 Å². The van der Waals surface area contributed by atoms with Gasteiger partial charge >= 0.3 is 0 Å². The van der Waals surface area contributed by atoms with Crippen molar-refractivity contribution in [2.24, 2.45) is 5.92 Å². The monoisotopic (exact) mass is 436 g/mol. The standard InChI is InChI=1S/C25H32N4O3/c1-17-7-8-18(2)22(15-17)28-11-13-29(14-12-28)25(31)20-5-4-6-21(20)27-24(30)19-9-10-23(32-3)26-16-19/h7-10,15-16,20-21H,4-6,11-14H2,1-3H3,(H,27,30)/t20-,21+/m0/s1. The Morgan fingerprint density at radius 3 is 2.53 bits per heavy atom. The number of hydrogen-bond donors (Lipinski definition) is 1. The zero-order valence-corrected chi connectivity index (χ0v) is 19.1. The van der Waals surface area contributed by atoms with Gasteiger partial charge in [-0.2, -0.15) is 0 Å². The van der Waals surface area contributed by atoms with Crippen LogP contribution in [-0.2, 0) is 4.79 Å². The summed E-state index contributed by atoms with van der Waals surface area (Å²) in [6.07, 6.45) is 4.10. The lowest BCUT2D eigenvalue weighted by Crippen LogP contribution is -2.53. The summed E-state index contributed by atoms with van der Waals surface area (Å²) in [5.41, 5.74) is 4.25. The van der Waals surface area contributed by atoms with Crippen molar-refractivity contribution in [1.29, 1.82) is 0 Å². The molecule has 0 bridgehead atoms. The largest absolute Gasteiger partial charge is 0.481 e. The second-order valence-electron chi connectivity index (χ2n) is 8.81. The van der Waals surface area contributed by atoms with Crippen LogP contribution in [0.3, 0.4) is 0 Å². The Morgan fingerprint density at radius 1 is 1.06 bits per heavy atom. The van der Waals surface area contributed by atoms with Crippen LogP contribution in [0.4, 0.5) is 5.69 Å². The van der Waals surface area contributed by atoms with Crippen LogP contribution in [-0.4, -0.2) is 61.0 Å². The maximum absolute atomic E-state index is 13.3. The van der Waals surface area contributed by atoms with Crippen LogP contribution in [0.25, 0.3) is 0 Å². The Labute approximate surface area is 189 Å². The molecule has 2 atom stereocenters. The van der Waals surface area contributed by atoms with E-state index in [1.165, 1.54) is 23.0 Å². The minimum atomic E-state index is -0.190. The number of carbonyl (C=O) groups excluding carboxylic acids is 2. The molecule has 7 heteroatoms. The zero-order valence-electron chi connectivity index (χ0n) is 19.1. The summed E-state index contributed by atoms with van der Waals surface area (Å²) in [6.45, 7) is 7.34. The van der Waals surface area contributed by atoms with Crippen LogP contribution in [0.1, 0.15) is 40.7 Å². The molecular weight excluding hydrogens is 404 g/mol. The molecule has 1 aromatic carbocycles. The number of hydrogen-bond acceptors (Lipinski definition) is 5. The number of ether oxygens (including phenoxy) is 1. The molecule has 0 unspecified atom stereocenters. The van der Waals surface area contributed by atoms with Gasteiger partial charge in [-0.15, -0.1) is 0 Å². The van der Waals surface area contributed by atoms with Gasteiger partial charge < -0.3 is 19.9 Å². The maximum atomic E-state index is 13.3. The van der Waals surface area contributed by atoms with E-state index in [0.717, 1.165) is 32.4 Å². The molecule has 1 saturated carbocycles. The summed E-state index contributed by atoms with van der Waals surface area (Å²) in [4.78, 5) is 34.4. The third-order valence-corrected chi connectivity index (χ3v) is 6.65. The first-order valence-electron chi connectivity index (χ1n) is 11.4. The molecule has 7 nitrogen and oxygen atoms in total. The van der Waals surface area contributed by atoms with Crippen molar-refractivity contribution < 1.29 is 14.3 Å². The molecule has 32 heavy (non-hydrogen) atoms. The Bertz CT molecular complexity index is 968. The zero-order chi connectivity index (χ0) is 22.7. The van der Waals surface area contributed by atoms with Gasteiger partial charge in [-0.3, -0.25) is 9.59 Å². The molecule has 2 aromatic rings. The lowest BCUT2D eigenvalue weighted by molar-refractivity contribution is -0.136. The third kappa shape index (κ3) is 4.71. The quantitative estimate of drug-likeness (QED) is 0.780. The molecule has 1 aliphatic heterocycles. The summed E-state index contributed by atoms with van der Waals surface area (Å²) in [5.74, 6) is 0.291. The van der Waals surface area contributed by atoms with Crippen molar-refractivity contribution >= 4 is 17.5 Å². The van der Waals surface area contributed by atoms with E-state index in [1.54, 1.807) is 19.2 Å². The number of aryl methyl sites for hydroxylation is 2. The topological polar surface area (TPSA) is 74.8 Å². The number of anilines is 1. The van der Waals surface area contributed by atoms with Crippen molar-refractivity contribution in [3.63, 3.8) is 0 Å². The van der Waals surface area contributed by atoms with Gasteiger partial charge in [0.25, 0.3) is 5.91 Å². The molecule has 1 aliphatic carbocycles. The van der Waals surface area contributed by atoms with Crippen molar-refractivity contribution in [1.82, 2.24) is 15.2 Å². The molecule has 0 spiro atoms. The predicted molar refractivity (Wildman–Crippen MR) is 124 cm³/mol. The fourth-order valence-electron chi connectivity index (χ4n) is 4.78. The Hall–Kier alpha value is -3.09. The third-order valence-electron chi connectivity index (χ3n) is 6.65. The van der Waals surface area contributed by atoms with Crippen LogP contribution in [0.5, 0.6) is 5.88 Å². The minimum Gasteiger partial charge on any atom is -0.481 e. The molecule has 2 aliphatic rings. The van der Waals surface area contributed by atoms with Gasteiger partial charge in [0, 0.05) is 50.2 Å². The number of nitrogens with one attached hydrogen (secondary N) is 1. The first-order chi connectivity index (χ1) is 15.5. The highest BCUT2D eigenvalue weighted by atomic mass is 16.5. The first-order valence-corrected chi connectivity index (χ1v) is 11.4. The van der Waals surface area contributed by atoms with E-state index < -0.39 is 0 Å². The highest BCUT2D eigenvalue weighted by Crippen LogP contribution is 2.29. The average Bonchev–Trinajstić information content (AvgIpc) is 3.28. The second kappa shape index (κ2) is 9.59. The number of nitrogens with zero attached hydrogens (tertiary/aromatic N) is 3. The van der Waals surface area contributed by atoms with Crippen LogP contribution in [0, 0.1) is 19.8 Å². The normalized spacial score (nSPS) is 20.8. The fourth-order valence-corrected chi connectivity index (χ4v) is 4.78. The van der Waals surface area contributed by atoms with Crippen LogP contribution in [0.2, 0.25) is 0 Å². The molecular formula is C25H32N4O3. The number of benzene rings is 1. The van der Waals surface area contributed by atoms with Gasteiger partial charge in [-0.25, -0.2) is 4.98 Å². The minimum absolute atomic E-state index is 0.130. The van der Waals surface area contributed by atoms with Gasteiger partial charge in [-0.05, 0) is 49.9 Å². The molecule has 2 fully saturated rings. The van der Waals surface area contributed by atoms with Crippen LogP contribution >= 0.6 is 0 Å². The number of amides is 2. The number of aromatic nitrogens is 1. The van der Waals surface area contributed by atoms with Crippen LogP contribution < -0.4 is 15.0 Å². The fraction of sp³-hybridized carbons (Fsp3) is 0.480. The summed E-state index contributed by atoms with van der Waals surface area (Å²) in [6, 6.07) is 9.75. The molecule has 0 radical (unpaired) electrons. The highest BCUT2D eigenvalue weighted by molar-refractivity contribution is 5.94. The van der Waals surface area contributed by atoms with Gasteiger partial charge in [0.05, 0.1) is 18.6 Å². The average molecular weight is 437 g/mol. The molecule has 2 amide bonds. The van der Waals surface area contributed by atoms with E-state index >= 15 is 0 Å². The summed E-state index contributed by atoms with van der Waals surface area (Å²) in [7, 11) is 1.54. The number of rotatable bonds is 5. The van der Waals surface area contributed by atoms with Crippen molar-refractivity contribution in [2.45, 2.75) is 39.2 Å². The van der Waals surface area contributed by atoms with E-state index in [9.17, 15) is 9.59 Å². The van der Waals surface area contributed by atoms with E-state index in [1.807, 2.05) is 4.90 Å². The number of piperazine rings is 1. The van der Waals surface area contributed by atoms with E-state index in [4.69, 9.17) is 4.74 Å². The highest BCUT2D eigenvalue weighted by Gasteiger charge is 2.37. The van der Waals surface area contributed by atoms with Gasteiger partial charge in [0.15, 0.2) is 0 Å². The lowest BCUT2D eigenvalue weighted by Gasteiger charge is -2.38. The van der Waals surface area contributed by atoms with Gasteiger partial charge in [0.1, 0.15) is 0 Å². The Kier molecular flexibility index (Phi) is 6.63. The van der Waals surface area contributed by atoms with E-state index in [2.05, 4.69) is 47.2 Å². The maximum Gasteiger partial charge on any atom is 0.253 e. The van der Waals surface area contributed by atoms with Crippen molar-refractivity contribution in [3.05, 3.63) is 53.2 Å². The Balaban J connectivity index is 1.35.